The van der Waals surface area contributed by atoms with Crippen LogP contribution in [-0.4, -0.2) is 22.2 Å². The van der Waals surface area contributed by atoms with Crippen molar-refractivity contribution in [1.82, 2.24) is 0 Å². The van der Waals surface area contributed by atoms with Gasteiger partial charge in [0.1, 0.15) is 5.02 Å². The smallest absolute Gasteiger partial charge is 0.288 e. The average Bonchev–Trinajstić information content (AvgIpc) is 2.43. The number of nitrogens with zero attached hydrogens (tertiary/aromatic N) is 1. The molecule has 0 amide bonds. The van der Waals surface area contributed by atoms with Gasteiger partial charge in [-0.3, -0.25) is 10.1 Å². The molecule has 0 bridgehead atoms. The fourth-order valence-electron chi connectivity index (χ4n) is 2.78. The fourth-order valence-corrected chi connectivity index (χ4v) is 3.01. The van der Waals surface area contributed by atoms with Crippen molar-refractivity contribution in [3.05, 3.63) is 32.8 Å². The van der Waals surface area contributed by atoms with Gasteiger partial charge < -0.3 is 10.4 Å². The summed E-state index contributed by atoms with van der Waals surface area (Å²) in [6.45, 7) is 1.86. The van der Waals surface area contributed by atoms with Gasteiger partial charge in [-0.25, -0.2) is 0 Å². The Bertz CT molecular complexity index is 513. The molecule has 0 radical (unpaired) electrons. The number of aliphatic hydroxyl groups is 1. The lowest BCUT2D eigenvalue weighted by atomic mass is 9.82. The van der Waals surface area contributed by atoms with Crippen LogP contribution in [0.3, 0.4) is 0 Å². The third-order valence-corrected chi connectivity index (χ3v) is 4.31. The lowest BCUT2D eigenvalue weighted by molar-refractivity contribution is -0.384. The van der Waals surface area contributed by atoms with Crippen molar-refractivity contribution in [1.29, 1.82) is 0 Å². The number of nitrogens with one attached hydrogen (secondary N) is 1. The molecule has 0 unspecified atom stereocenters. The van der Waals surface area contributed by atoms with E-state index in [0.717, 1.165) is 36.9 Å². The lowest BCUT2D eigenvalue weighted by Crippen LogP contribution is -2.44. The molecule has 1 aliphatic carbocycles. The second-order valence-corrected chi connectivity index (χ2v) is 5.91. The number of hydrogen-bond donors (Lipinski definition) is 2. The highest BCUT2D eigenvalue weighted by molar-refractivity contribution is 6.33. The highest BCUT2D eigenvalue weighted by atomic mass is 35.5. The second-order valence-electron chi connectivity index (χ2n) is 5.50. The van der Waals surface area contributed by atoms with Crippen molar-refractivity contribution in [2.75, 3.05) is 11.9 Å². The van der Waals surface area contributed by atoms with Crippen molar-refractivity contribution < 1.29 is 10.0 Å². The maximum atomic E-state index is 10.9. The molecule has 6 heteroatoms. The molecular weight excluding hydrogens is 280 g/mol. The number of benzene rings is 1. The van der Waals surface area contributed by atoms with E-state index in [4.69, 9.17) is 11.6 Å². The summed E-state index contributed by atoms with van der Waals surface area (Å²) < 4.78 is 0. The van der Waals surface area contributed by atoms with E-state index in [9.17, 15) is 15.2 Å². The molecule has 0 spiro atoms. The van der Waals surface area contributed by atoms with Crippen LogP contribution in [0, 0.1) is 17.0 Å². The molecule has 1 aromatic carbocycles. The van der Waals surface area contributed by atoms with Crippen LogP contribution in [-0.2, 0) is 0 Å². The average molecular weight is 299 g/mol. The predicted octanol–water partition coefficient (Wildman–Crippen LogP) is 3.66. The molecule has 1 fully saturated rings. The normalized spacial score (nSPS) is 17.8. The van der Waals surface area contributed by atoms with Crippen LogP contribution in [0.5, 0.6) is 0 Å². The van der Waals surface area contributed by atoms with E-state index in [1.807, 2.05) is 0 Å². The van der Waals surface area contributed by atoms with Crippen LogP contribution < -0.4 is 5.32 Å². The lowest BCUT2D eigenvalue weighted by Gasteiger charge is -2.38. The number of hydrogen-bond acceptors (Lipinski definition) is 4. The summed E-state index contributed by atoms with van der Waals surface area (Å²) in [5.74, 6) is 0. The first-order chi connectivity index (χ1) is 9.47. The Labute approximate surface area is 123 Å². The third kappa shape index (κ3) is 3.04. The van der Waals surface area contributed by atoms with Crippen LogP contribution >= 0.6 is 11.6 Å². The van der Waals surface area contributed by atoms with Gasteiger partial charge in [-0.15, -0.1) is 0 Å². The second kappa shape index (κ2) is 5.97. The Morgan fingerprint density at radius 3 is 2.60 bits per heavy atom. The SMILES string of the molecule is Cc1cc([N+](=O)[O-])c(Cl)cc1NC1(CO)CCCCC1. The van der Waals surface area contributed by atoms with Gasteiger partial charge in [0.05, 0.1) is 17.1 Å². The van der Waals surface area contributed by atoms with E-state index < -0.39 is 4.92 Å². The van der Waals surface area contributed by atoms with Crippen LogP contribution in [0.4, 0.5) is 11.4 Å². The predicted molar refractivity (Wildman–Crippen MR) is 79.4 cm³/mol. The van der Waals surface area contributed by atoms with Gasteiger partial charge in [0.2, 0.25) is 0 Å². The number of anilines is 1. The Morgan fingerprint density at radius 2 is 2.05 bits per heavy atom. The van der Waals surface area contributed by atoms with Crippen LogP contribution in [0.2, 0.25) is 5.02 Å². The minimum Gasteiger partial charge on any atom is -0.394 e. The molecule has 0 aromatic heterocycles. The van der Waals surface area contributed by atoms with Gasteiger partial charge in [0, 0.05) is 11.8 Å². The van der Waals surface area contributed by atoms with E-state index in [1.165, 1.54) is 12.5 Å². The molecule has 2 N–H and O–H groups in total. The molecule has 0 aliphatic heterocycles. The molecule has 0 heterocycles. The van der Waals surface area contributed by atoms with Crippen molar-refractivity contribution in [2.24, 2.45) is 0 Å². The summed E-state index contributed by atoms with van der Waals surface area (Å²) in [5, 5.41) is 24.0. The zero-order valence-electron chi connectivity index (χ0n) is 11.5. The summed E-state index contributed by atoms with van der Waals surface area (Å²) in [5.41, 5.74) is 1.11. The number of nitro benzene ring substituents is 1. The van der Waals surface area contributed by atoms with E-state index in [0.29, 0.717) is 0 Å². The van der Waals surface area contributed by atoms with Gasteiger partial charge in [-0.2, -0.15) is 0 Å². The molecule has 5 nitrogen and oxygen atoms in total. The Kier molecular flexibility index (Phi) is 4.50. The molecule has 0 saturated heterocycles. The molecule has 1 aromatic rings. The quantitative estimate of drug-likeness (QED) is 0.657. The van der Waals surface area contributed by atoms with Crippen LogP contribution in [0.15, 0.2) is 12.1 Å². The fraction of sp³-hybridized carbons (Fsp3) is 0.571. The summed E-state index contributed by atoms with van der Waals surface area (Å²) in [6.07, 6.45) is 5.14. The Morgan fingerprint density at radius 1 is 1.40 bits per heavy atom. The zero-order valence-corrected chi connectivity index (χ0v) is 12.2. The van der Waals surface area contributed by atoms with Gasteiger partial charge in [-0.1, -0.05) is 30.9 Å². The molecular formula is C14H19ClN2O3. The van der Waals surface area contributed by atoms with E-state index in [1.54, 1.807) is 13.0 Å². The summed E-state index contributed by atoms with van der Waals surface area (Å²) in [6, 6.07) is 3.06. The van der Waals surface area contributed by atoms with Crippen molar-refractivity contribution in [2.45, 2.75) is 44.6 Å². The minimum atomic E-state index is -0.485. The highest BCUT2D eigenvalue weighted by Crippen LogP contribution is 2.36. The number of halogens is 1. The molecule has 2 rings (SSSR count). The first-order valence-corrected chi connectivity index (χ1v) is 7.19. The molecule has 20 heavy (non-hydrogen) atoms. The summed E-state index contributed by atoms with van der Waals surface area (Å²) in [7, 11) is 0. The maximum absolute atomic E-state index is 10.9. The van der Waals surface area contributed by atoms with E-state index in [2.05, 4.69) is 5.32 Å². The molecule has 1 aliphatic rings. The first-order valence-electron chi connectivity index (χ1n) is 6.81. The molecule has 110 valence electrons. The van der Waals surface area contributed by atoms with Crippen molar-refractivity contribution >= 4 is 23.0 Å². The van der Waals surface area contributed by atoms with Gasteiger partial charge in [0.15, 0.2) is 0 Å². The van der Waals surface area contributed by atoms with Gasteiger partial charge in [0.25, 0.3) is 5.69 Å². The summed E-state index contributed by atoms with van der Waals surface area (Å²) in [4.78, 5) is 10.4. The van der Waals surface area contributed by atoms with Crippen LogP contribution in [0.1, 0.15) is 37.7 Å². The van der Waals surface area contributed by atoms with E-state index in [-0.39, 0.29) is 22.9 Å². The topological polar surface area (TPSA) is 75.4 Å². The maximum Gasteiger partial charge on any atom is 0.288 e. The standard InChI is InChI=1S/C14H19ClN2O3/c1-10-7-13(17(19)20)11(15)8-12(10)16-14(9-18)5-3-2-4-6-14/h7-8,16,18H,2-6,9H2,1H3. The number of nitro groups is 1. The van der Waals surface area contributed by atoms with Gasteiger partial charge in [-0.05, 0) is 31.4 Å². The van der Waals surface area contributed by atoms with Crippen LogP contribution in [0.25, 0.3) is 0 Å². The monoisotopic (exact) mass is 298 g/mol. The molecule has 0 atom stereocenters. The van der Waals surface area contributed by atoms with Crippen molar-refractivity contribution in [3.63, 3.8) is 0 Å². The number of rotatable bonds is 4. The van der Waals surface area contributed by atoms with Gasteiger partial charge >= 0.3 is 0 Å². The highest BCUT2D eigenvalue weighted by Gasteiger charge is 2.32. The summed E-state index contributed by atoms with van der Waals surface area (Å²) >= 11 is 5.96. The molecule has 1 saturated carbocycles. The minimum absolute atomic E-state index is 0.0566. The third-order valence-electron chi connectivity index (χ3n) is 4.00. The zero-order chi connectivity index (χ0) is 14.8. The Balaban J connectivity index is 2.29. The largest absolute Gasteiger partial charge is 0.394 e. The van der Waals surface area contributed by atoms with E-state index >= 15 is 0 Å². The van der Waals surface area contributed by atoms with Crippen molar-refractivity contribution in [3.8, 4) is 0 Å². The number of aryl methyl sites for hydroxylation is 1. The first kappa shape index (κ1) is 15.1. The number of aliphatic hydroxyl groups excluding tert-OH is 1. The Hall–Kier alpha value is -1.33.